The molecular weight excluding hydrogens is 629 g/mol. The summed E-state index contributed by atoms with van der Waals surface area (Å²) < 4.78 is 38.0. The van der Waals surface area contributed by atoms with E-state index in [0.717, 1.165) is 23.5 Å². The van der Waals surface area contributed by atoms with E-state index in [2.05, 4.69) is 0 Å². The summed E-state index contributed by atoms with van der Waals surface area (Å²) in [6.45, 7) is 1.80. The molecule has 1 aliphatic heterocycles. The van der Waals surface area contributed by atoms with Crippen LogP contribution < -0.4 is 24.4 Å². The first kappa shape index (κ1) is 31.2. The Hall–Kier alpha value is -5.82. The predicted octanol–water partition coefficient (Wildman–Crippen LogP) is 5.26. The highest BCUT2D eigenvalue weighted by Gasteiger charge is 2.35. The quantitative estimate of drug-likeness (QED) is 0.119. The molecule has 0 amide bonds. The smallest absolute Gasteiger partial charge is 0.338 e. The van der Waals surface area contributed by atoms with Crippen LogP contribution in [0.15, 0.2) is 98.6 Å². The molecule has 3 aromatic carbocycles. The van der Waals surface area contributed by atoms with Crippen molar-refractivity contribution < 1.29 is 32.7 Å². The number of carbonyl (C=O) groups is 1. The number of carbonyl (C=O) groups excluding carboxylic acids is 1. The average Bonchev–Trinajstić information content (AvgIpc) is 3.68. The van der Waals surface area contributed by atoms with E-state index < -0.39 is 34.0 Å². The van der Waals surface area contributed by atoms with Gasteiger partial charge < -0.3 is 18.6 Å². The molecule has 3 heterocycles. The van der Waals surface area contributed by atoms with E-state index in [9.17, 15) is 24.1 Å². The van der Waals surface area contributed by atoms with Gasteiger partial charge in [-0.15, -0.1) is 0 Å². The van der Waals surface area contributed by atoms with Crippen molar-refractivity contribution in [3.8, 4) is 22.8 Å². The van der Waals surface area contributed by atoms with Gasteiger partial charge in [-0.25, -0.2) is 9.79 Å². The molecule has 13 heteroatoms. The summed E-state index contributed by atoms with van der Waals surface area (Å²) in [6, 6.07) is 19.9. The molecule has 0 spiro atoms. The van der Waals surface area contributed by atoms with Crippen LogP contribution in [0, 0.1) is 15.9 Å². The van der Waals surface area contributed by atoms with Crippen molar-refractivity contribution in [3.05, 3.63) is 137 Å². The average molecular weight is 656 g/mol. The molecule has 11 nitrogen and oxygen atoms in total. The van der Waals surface area contributed by atoms with E-state index in [1.54, 1.807) is 37.3 Å². The van der Waals surface area contributed by atoms with Gasteiger partial charge in [0.05, 0.1) is 47.6 Å². The fourth-order valence-electron chi connectivity index (χ4n) is 5.30. The summed E-state index contributed by atoms with van der Waals surface area (Å²) in [5.41, 5.74) is 0.896. The standard InChI is InChI=1S/C34H26FN3O8S/c1-4-45-33(40)29-30(19-8-6-5-7-9-19)36-34-37(31(29)21-11-14-26(43-2)27(17-21)44-3)32(39)28(47-34)18-22-12-15-25(46-22)20-10-13-23(35)24(16-20)38(41)42/h5-18,31H,4H2,1-3H3/b28-18-/t31-/m0/s1. The van der Waals surface area contributed by atoms with Crippen molar-refractivity contribution in [3.63, 3.8) is 0 Å². The molecule has 47 heavy (non-hydrogen) atoms. The summed E-state index contributed by atoms with van der Waals surface area (Å²) >= 11 is 1.10. The van der Waals surface area contributed by atoms with Crippen LogP contribution in [0.2, 0.25) is 0 Å². The van der Waals surface area contributed by atoms with Crippen molar-refractivity contribution >= 4 is 34.8 Å². The van der Waals surface area contributed by atoms with Crippen molar-refractivity contribution in [2.24, 2.45) is 4.99 Å². The molecule has 0 N–H and O–H groups in total. The normalized spacial score (nSPS) is 14.4. The van der Waals surface area contributed by atoms with Gasteiger partial charge in [0, 0.05) is 23.3 Å². The van der Waals surface area contributed by atoms with Crippen molar-refractivity contribution in [1.82, 2.24) is 4.57 Å². The number of hydrogen-bond donors (Lipinski definition) is 0. The van der Waals surface area contributed by atoms with Crippen LogP contribution in [0.1, 0.15) is 29.9 Å². The molecule has 1 atom stereocenters. The van der Waals surface area contributed by atoms with Gasteiger partial charge in [-0.3, -0.25) is 19.5 Å². The number of thiazole rings is 1. The first-order valence-electron chi connectivity index (χ1n) is 14.3. The number of aromatic nitrogens is 1. The van der Waals surface area contributed by atoms with E-state index in [1.807, 2.05) is 30.3 Å². The van der Waals surface area contributed by atoms with E-state index >= 15 is 0 Å². The highest BCUT2D eigenvalue weighted by atomic mass is 32.1. The van der Waals surface area contributed by atoms with Gasteiger partial charge in [0.1, 0.15) is 11.5 Å². The Bertz CT molecular complexity index is 2240. The molecule has 2 aromatic heterocycles. The topological polar surface area (TPSA) is 135 Å². The third kappa shape index (κ3) is 5.84. The SMILES string of the molecule is CCOC(=O)C1=C(c2ccccc2)N=c2s/c(=C\c3ccc(-c4ccc(F)c([N+](=O)[O-])c4)o3)c(=O)n2[C@H]1c1ccc(OC)c(OC)c1. The van der Waals surface area contributed by atoms with Crippen molar-refractivity contribution in [2.75, 3.05) is 20.8 Å². The minimum absolute atomic E-state index is 0.103. The Labute approximate surface area is 270 Å². The van der Waals surface area contributed by atoms with Crippen LogP contribution in [-0.4, -0.2) is 36.3 Å². The molecule has 238 valence electrons. The molecule has 0 aliphatic carbocycles. The lowest BCUT2D eigenvalue weighted by atomic mass is 9.93. The Kier molecular flexibility index (Phi) is 8.55. The molecular formula is C34H26FN3O8S. The predicted molar refractivity (Wildman–Crippen MR) is 171 cm³/mol. The summed E-state index contributed by atoms with van der Waals surface area (Å²) in [6.07, 6.45) is 1.52. The third-order valence-electron chi connectivity index (χ3n) is 7.42. The van der Waals surface area contributed by atoms with E-state index in [4.69, 9.17) is 23.6 Å². The monoisotopic (exact) mass is 655 g/mol. The minimum Gasteiger partial charge on any atom is -0.493 e. The summed E-state index contributed by atoms with van der Waals surface area (Å²) in [7, 11) is 3.00. The maximum atomic E-state index is 14.2. The van der Waals surface area contributed by atoms with Crippen LogP contribution >= 0.6 is 11.3 Å². The molecule has 1 aliphatic rings. The zero-order valence-corrected chi connectivity index (χ0v) is 26.1. The Morgan fingerprint density at radius 1 is 1.04 bits per heavy atom. The van der Waals surface area contributed by atoms with E-state index in [1.165, 1.54) is 30.9 Å². The number of nitrogens with zero attached hydrogens (tertiary/aromatic N) is 3. The number of fused-ring (bicyclic) bond motifs is 1. The summed E-state index contributed by atoms with van der Waals surface area (Å²) in [5, 5.41) is 11.2. The number of benzene rings is 3. The Morgan fingerprint density at radius 3 is 2.51 bits per heavy atom. The number of rotatable bonds is 9. The molecule has 5 aromatic rings. The number of halogens is 1. The van der Waals surface area contributed by atoms with Crippen molar-refractivity contribution in [2.45, 2.75) is 13.0 Å². The fraction of sp³-hybridized carbons (Fsp3) is 0.147. The van der Waals surface area contributed by atoms with Crippen LogP contribution in [0.4, 0.5) is 10.1 Å². The number of nitro groups is 1. The first-order valence-corrected chi connectivity index (χ1v) is 15.1. The second-order valence-corrected chi connectivity index (χ2v) is 11.2. The van der Waals surface area contributed by atoms with Gasteiger partial charge in [0.2, 0.25) is 5.82 Å². The maximum Gasteiger partial charge on any atom is 0.338 e. The number of ether oxygens (including phenoxy) is 3. The van der Waals surface area contributed by atoms with E-state index in [0.29, 0.717) is 38.7 Å². The van der Waals surface area contributed by atoms with E-state index in [-0.39, 0.29) is 28.2 Å². The Balaban J connectivity index is 1.55. The zero-order valence-electron chi connectivity index (χ0n) is 25.3. The molecule has 0 bridgehead atoms. The largest absolute Gasteiger partial charge is 0.493 e. The highest BCUT2D eigenvalue weighted by molar-refractivity contribution is 7.07. The van der Waals surface area contributed by atoms with Crippen LogP contribution in [-0.2, 0) is 9.53 Å². The highest BCUT2D eigenvalue weighted by Crippen LogP contribution is 2.38. The molecule has 0 radical (unpaired) electrons. The van der Waals surface area contributed by atoms with Gasteiger partial charge in [0.25, 0.3) is 5.56 Å². The molecule has 0 unspecified atom stereocenters. The maximum absolute atomic E-state index is 14.2. The summed E-state index contributed by atoms with van der Waals surface area (Å²) in [4.78, 5) is 43.4. The lowest BCUT2D eigenvalue weighted by molar-refractivity contribution is -0.387. The number of nitro benzene ring substituents is 1. The van der Waals surface area contributed by atoms with Gasteiger partial charge >= 0.3 is 11.7 Å². The van der Waals surface area contributed by atoms with Gasteiger partial charge in [-0.1, -0.05) is 47.7 Å². The Morgan fingerprint density at radius 2 is 1.81 bits per heavy atom. The van der Waals surface area contributed by atoms with Gasteiger partial charge in [0.15, 0.2) is 16.3 Å². The fourth-order valence-corrected chi connectivity index (χ4v) is 6.28. The van der Waals surface area contributed by atoms with Crippen molar-refractivity contribution in [1.29, 1.82) is 0 Å². The number of esters is 1. The van der Waals surface area contributed by atoms with Crippen LogP contribution in [0.3, 0.4) is 0 Å². The first-order chi connectivity index (χ1) is 22.7. The van der Waals surface area contributed by atoms with Gasteiger partial charge in [-0.05, 0) is 48.9 Å². The molecule has 0 saturated carbocycles. The third-order valence-corrected chi connectivity index (χ3v) is 8.41. The molecule has 0 saturated heterocycles. The van der Waals surface area contributed by atoms with Gasteiger partial charge in [-0.2, -0.15) is 4.39 Å². The summed E-state index contributed by atoms with van der Waals surface area (Å²) in [5.74, 6) is -0.216. The number of hydrogen-bond acceptors (Lipinski definition) is 10. The lowest BCUT2D eigenvalue weighted by Gasteiger charge is -2.26. The molecule has 0 fully saturated rings. The lowest BCUT2D eigenvalue weighted by Crippen LogP contribution is -2.40. The molecule has 6 rings (SSSR count). The zero-order chi connectivity index (χ0) is 33.2. The number of methoxy groups -OCH3 is 2. The van der Waals surface area contributed by atoms with Crippen LogP contribution in [0.5, 0.6) is 11.5 Å². The van der Waals surface area contributed by atoms with Crippen LogP contribution in [0.25, 0.3) is 23.1 Å². The second kappa shape index (κ2) is 12.9. The minimum atomic E-state index is -0.965. The number of furan rings is 1. The second-order valence-electron chi connectivity index (χ2n) is 10.2.